The Balaban J connectivity index is 1.65. The molecule has 0 bridgehead atoms. The minimum atomic E-state index is -4.41. The lowest BCUT2D eigenvalue weighted by atomic mass is 9.76. The van der Waals surface area contributed by atoms with Crippen molar-refractivity contribution in [3.63, 3.8) is 0 Å². The largest absolute Gasteiger partial charge is 0.416 e. The number of hydrogen-bond donors (Lipinski definition) is 3. The number of halogens is 3. The maximum absolute atomic E-state index is 12.5. The summed E-state index contributed by atoms with van der Waals surface area (Å²) in [7, 11) is 0. The number of benzene rings is 1. The number of aromatic nitrogens is 4. The van der Waals surface area contributed by atoms with Crippen LogP contribution in [0.1, 0.15) is 30.7 Å². The van der Waals surface area contributed by atoms with Gasteiger partial charge in [0.05, 0.1) is 5.56 Å². The lowest BCUT2D eigenvalue weighted by Gasteiger charge is -2.39. The Kier molecular flexibility index (Phi) is 3.66. The molecule has 1 fully saturated rings. The molecule has 0 aliphatic heterocycles. The number of alkyl halides is 3. The van der Waals surface area contributed by atoms with Gasteiger partial charge in [0.1, 0.15) is 5.54 Å². The molecule has 122 valence electrons. The van der Waals surface area contributed by atoms with Crippen LogP contribution in [0.15, 0.2) is 24.3 Å². The highest BCUT2D eigenvalue weighted by atomic mass is 19.4. The van der Waals surface area contributed by atoms with E-state index in [1.54, 1.807) is 0 Å². The molecule has 1 saturated carbocycles. The minimum absolute atomic E-state index is 0.262. The zero-order valence-electron chi connectivity index (χ0n) is 11.8. The summed E-state index contributed by atoms with van der Waals surface area (Å²) in [5.74, 6) is 0.395. The fraction of sp³-hybridized carbons (Fsp3) is 0.385. The molecule has 3 rings (SSSR count). The van der Waals surface area contributed by atoms with E-state index in [2.05, 4.69) is 31.3 Å². The van der Waals surface area contributed by atoms with E-state index in [1.165, 1.54) is 12.1 Å². The molecule has 0 spiro atoms. The van der Waals surface area contributed by atoms with Gasteiger partial charge in [0.2, 0.25) is 0 Å². The number of aromatic amines is 1. The van der Waals surface area contributed by atoms with Gasteiger partial charge in [-0.2, -0.15) is 18.4 Å². The van der Waals surface area contributed by atoms with Crippen LogP contribution in [0.2, 0.25) is 0 Å². The van der Waals surface area contributed by atoms with Crippen molar-refractivity contribution in [2.45, 2.75) is 31.0 Å². The predicted octanol–water partition coefficient (Wildman–Crippen LogP) is 2.42. The molecule has 7 nitrogen and oxygen atoms in total. The molecule has 0 saturated heterocycles. The van der Waals surface area contributed by atoms with Crippen molar-refractivity contribution in [1.29, 1.82) is 0 Å². The number of tetrazole rings is 1. The first-order valence-corrected chi connectivity index (χ1v) is 6.89. The Morgan fingerprint density at radius 3 is 2.39 bits per heavy atom. The number of H-pyrrole nitrogens is 1. The van der Waals surface area contributed by atoms with Crippen LogP contribution in [0.25, 0.3) is 0 Å². The van der Waals surface area contributed by atoms with E-state index in [9.17, 15) is 18.0 Å². The van der Waals surface area contributed by atoms with E-state index in [1.807, 2.05) is 0 Å². The van der Waals surface area contributed by atoms with E-state index < -0.39 is 23.3 Å². The molecule has 3 N–H and O–H groups in total. The summed E-state index contributed by atoms with van der Waals surface area (Å²) < 4.78 is 37.5. The highest BCUT2D eigenvalue weighted by molar-refractivity contribution is 5.89. The normalized spacial score (nSPS) is 16.5. The summed E-state index contributed by atoms with van der Waals surface area (Å²) in [5, 5.41) is 18.9. The third-order valence-corrected chi connectivity index (χ3v) is 3.80. The highest BCUT2D eigenvalue weighted by Crippen LogP contribution is 2.39. The summed E-state index contributed by atoms with van der Waals surface area (Å²) in [4.78, 5) is 12.1. The van der Waals surface area contributed by atoms with Gasteiger partial charge in [0, 0.05) is 5.69 Å². The first-order valence-electron chi connectivity index (χ1n) is 6.89. The van der Waals surface area contributed by atoms with Crippen molar-refractivity contribution in [2.75, 3.05) is 5.32 Å². The van der Waals surface area contributed by atoms with Crippen LogP contribution in [-0.2, 0) is 11.7 Å². The molecular formula is C13H13F3N6O. The van der Waals surface area contributed by atoms with Gasteiger partial charge in [0.15, 0.2) is 5.82 Å². The Bertz CT molecular complexity index is 679. The Morgan fingerprint density at radius 2 is 1.91 bits per heavy atom. The zero-order chi connectivity index (χ0) is 16.5. The molecule has 23 heavy (non-hydrogen) atoms. The molecule has 0 unspecified atom stereocenters. The zero-order valence-corrected chi connectivity index (χ0v) is 11.8. The first kappa shape index (κ1) is 15.3. The van der Waals surface area contributed by atoms with Crippen LogP contribution in [0.4, 0.5) is 23.7 Å². The van der Waals surface area contributed by atoms with Crippen LogP contribution in [0.3, 0.4) is 0 Å². The van der Waals surface area contributed by atoms with Crippen molar-refractivity contribution in [1.82, 2.24) is 25.9 Å². The van der Waals surface area contributed by atoms with Gasteiger partial charge in [-0.3, -0.25) is 0 Å². The average molecular weight is 326 g/mol. The van der Waals surface area contributed by atoms with Crippen LogP contribution in [0, 0.1) is 0 Å². The Hall–Kier alpha value is -2.65. The van der Waals surface area contributed by atoms with Gasteiger partial charge in [-0.1, -0.05) is 5.21 Å². The number of hydrogen-bond acceptors (Lipinski definition) is 4. The van der Waals surface area contributed by atoms with Crippen LogP contribution >= 0.6 is 0 Å². The SMILES string of the molecule is O=C(Nc1ccc(C(F)(F)F)cc1)NC1(c2nn[nH]n2)CCC1. The maximum Gasteiger partial charge on any atom is 0.416 e. The standard InChI is InChI=1S/C13H13F3N6O/c14-13(15,16)8-2-4-9(5-3-8)17-11(23)18-12(6-1-7-12)10-19-21-22-20-10/h2-5H,1,6-7H2,(H2,17,18,23)(H,19,20,21,22). The molecule has 10 heteroatoms. The Morgan fingerprint density at radius 1 is 1.22 bits per heavy atom. The van der Waals surface area contributed by atoms with Crippen LogP contribution in [0.5, 0.6) is 0 Å². The third kappa shape index (κ3) is 3.10. The van der Waals surface area contributed by atoms with E-state index in [-0.39, 0.29) is 5.69 Å². The number of carbonyl (C=O) groups excluding carboxylic acids is 1. The van der Waals surface area contributed by atoms with Crippen molar-refractivity contribution < 1.29 is 18.0 Å². The smallest absolute Gasteiger partial charge is 0.325 e. The van der Waals surface area contributed by atoms with Gasteiger partial charge < -0.3 is 10.6 Å². The second-order valence-electron chi connectivity index (χ2n) is 5.33. The second kappa shape index (κ2) is 5.52. The van der Waals surface area contributed by atoms with E-state index >= 15 is 0 Å². The number of urea groups is 1. The summed E-state index contributed by atoms with van der Waals surface area (Å²) in [6.07, 6.45) is -2.15. The minimum Gasteiger partial charge on any atom is -0.325 e. The fourth-order valence-corrected chi connectivity index (χ4v) is 2.42. The molecule has 2 amide bonds. The van der Waals surface area contributed by atoms with Crippen LogP contribution < -0.4 is 10.6 Å². The average Bonchev–Trinajstić information content (AvgIpc) is 2.97. The monoisotopic (exact) mass is 326 g/mol. The maximum atomic E-state index is 12.5. The lowest BCUT2D eigenvalue weighted by molar-refractivity contribution is -0.137. The number of carbonyl (C=O) groups is 1. The van der Waals surface area contributed by atoms with Crippen molar-refractivity contribution in [2.24, 2.45) is 0 Å². The molecule has 2 aromatic rings. The van der Waals surface area contributed by atoms with Gasteiger partial charge in [0.25, 0.3) is 0 Å². The molecule has 1 aliphatic rings. The number of anilines is 1. The topological polar surface area (TPSA) is 95.6 Å². The van der Waals surface area contributed by atoms with Crippen molar-refractivity contribution in [3.8, 4) is 0 Å². The first-order chi connectivity index (χ1) is 10.9. The van der Waals surface area contributed by atoms with E-state index in [0.29, 0.717) is 18.7 Å². The van der Waals surface area contributed by atoms with Crippen molar-refractivity contribution in [3.05, 3.63) is 35.7 Å². The van der Waals surface area contributed by atoms with E-state index in [4.69, 9.17) is 0 Å². The highest BCUT2D eigenvalue weighted by Gasteiger charge is 2.43. The molecule has 0 radical (unpaired) electrons. The molecule has 1 aliphatic carbocycles. The number of rotatable bonds is 3. The van der Waals surface area contributed by atoms with Gasteiger partial charge >= 0.3 is 12.2 Å². The van der Waals surface area contributed by atoms with Crippen LogP contribution in [-0.4, -0.2) is 26.7 Å². The molecule has 0 atom stereocenters. The quantitative estimate of drug-likeness (QED) is 0.807. The molecular weight excluding hydrogens is 313 g/mol. The van der Waals surface area contributed by atoms with Gasteiger partial charge in [-0.25, -0.2) is 4.79 Å². The van der Waals surface area contributed by atoms with E-state index in [0.717, 1.165) is 18.6 Å². The number of nitrogens with one attached hydrogen (secondary N) is 3. The summed E-state index contributed by atoms with van der Waals surface area (Å²) in [5.41, 5.74) is -1.19. The molecule has 1 heterocycles. The fourth-order valence-electron chi connectivity index (χ4n) is 2.42. The summed E-state index contributed by atoms with van der Waals surface area (Å²) in [6.45, 7) is 0. The molecule has 1 aromatic carbocycles. The Labute approximate surface area is 128 Å². The lowest BCUT2D eigenvalue weighted by Crippen LogP contribution is -2.52. The third-order valence-electron chi connectivity index (χ3n) is 3.80. The predicted molar refractivity (Wildman–Crippen MR) is 73.3 cm³/mol. The number of nitrogens with zero attached hydrogens (tertiary/aromatic N) is 3. The number of amides is 2. The summed E-state index contributed by atoms with van der Waals surface area (Å²) >= 11 is 0. The van der Waals surface area contributed by atoms with Crippen molar-refractivity contribution >= 4 is 11.7 Å². The second-order valence-corrected chi connectivity index (χ2v) is 5.33. The molecule has 1 aromatic heterocycles. The van der Waals surface area contributed by atoms with Gasteiger partial charge in [-0.15, -0.1) is 10.2 Å². The summed E-state index contributed by atoms with van der Waals surface area (Å²) in [6, 6.07) is 3.69. The van der Waals surface area contributed by atoms with Gasteiger partial charge in [-0.05, 0) is 43.5 Å².